The number of nitrogens with zero attached hydrogens (tertiary/aromatic N) is 2. The number of carbonyl (C=O) groups excluding carboxylic acids is 1. The van der Waals surface area contributed by atoms with Crippen LogP contribution in [0.25, 0.3) is 0 Å². The Kier molecular flexibility index (Phi) is 3.84. The molecular formula is C14H21N3O. The molecule has 1 fully saturated rings. The number of nitrogen functional groups attached to an aromatic ring is 1. The van der Waals surface area contributed by atoms with Gasteiger partial charge in [-0.2, -0.15) is 0 Å². The number of nitrogens with two attached hydrogens (primary N) is 1. The maximum absolute atomic E-state index is 12.3. The Hall–Kier alpha value is -1.58. The number of amides is 1. The van der Waals surface area contributed by atoms with E-state index >= 15 is 0 Å². The molecule has 0 bridgehead atoms. The average Bonchev–Trinajstić information content (AvgIpc) is 2.38. The third-order valence-electron chi connectivity index (χ3n) is 3.88. The Morgan fingerprint density at radius 2 is 2.06 bits per heavy atom. The summed E-state index contributed by atoms with van der Waals surface area (Å²) in [4.78, 5) is 18.1. The predicted octanol–water partition coefficient (Wildman–Crippen LogP) is 2.31. The molecule has 0 aromatic carbocycles. The summed E-state index contributed by atoms with van der Waals surface area (Å²) in [7, 11) is 1.89. The highest BCUT2D eigenvalue weighted by Crippen LogP contribution is 2.27. The van der Waals surface area contributed by atoms with Crippen LogP contribution in [0.1, 0.15) is 43.0 Å². The number of rotatable bonds is 2. The van der Waals surface area contributed by atoms with Gasteiger partial charge in [0.25, 0.3) is 5.91 Å². The molecule has 1 aromatic heterocycles. The average molecular weight is 247 g/mol. The van der Waals surface area contributed by atoms with Crippen molar-refractivity contribution in [3.8, 4) is 0 Å². The molecule has 0 aliphatic heterocycles. The Bertz CT molecular complexity index is 425. The van der Waals surface area contributed by atoms with E-state index in [1.807, 2.05) is 11.9 Å². The van der Waals surface area contributed by atoms with Crippen LogP contribution in [0.4, 0.5) is 5.82 Å². The largest absolute Gasteiger partial charge is 0.384 e. The van der Waals surface area contributed by atoms with Crippen LogP contribution in [0.15, 0.2) is 18.3 Å². The lowest BCUT2D eigenvalue weighted by Crippen LogP contribution is -2.39. The van der Waals surface area contributed by atoms with Crippen molar-refractivity contribution in [2.45, 2.75) is 38.6 Å². The minimum absolute atomic E-state index is 0.0450. The van der Waals surface area contributed by atoms with Crippen LogP contribution in [-0.2, 0) is 0 Å². The van der Waals surface area contributed by atoms with Crippen LogP contribution in [0, 0.1) is 5.92 Å². The van der Waals surface area contributed by atoms with E-state index in [2.05, 4.69) is 11.9 Å². The summed E-state index contributed by atoms with van der Waals surface area (Å²) in [5.41, 5.74) is 6.24. The first-order valence-electron chi connectivity index (χ1n) is 6.56. The van der Waals surface area contributed by atoms with E-state index < -0.39 is 0 Å². The molecule has 0 atom stereocenters. The van der Waals surface area contributed by atoms with Gasteiger partial charge in [-0.05, 0) is 43.7 Å². The molecule has 0 unspecified atom stereocenters. The monoisotopic (exact) mass is 247 g/mol. The van der Waals surface area contributed by atoms with Gasteiger partial charge in [-0.15, -0.1) is 0 Å². The molecule has 4 nitrogen and oxygen atoms in total. The van der Waals surface area contributed by atoms with Gasteiger partial charge in [0.15, 0.2) is 0 Å². The normalized spacial score (nSPS) is 23.7. The first-order valence-corrected chi connectivity index (χ1v) is 6.56. The fourth-order valence-electron chi connectivity index (χ4n) is 2.58. The van der Waals surface area contributed by atoms with E-state index in [1.165, 1.54) is 12.8 Å². The second-order valence-corrected chi connectivity index (χ2v) is 5.30. The Labute approximate surface area is 108 Å². The Balaban J connectivity index is 2.04. The van der Waals surface area contributed by atoms with Gasteiger partial charge in [0.05, 0.1) is 0 Å². The molecular weight excluding hydrogens is 226 g/mol. The van der Waals surface area contributed by atoms with Crippen molar-refractivity contribution in [3.63, 3.8) is 0 Å². The minimum Gasteiger partial charge on any atom is -0.384 e. The van der Waals surface area contributed by atoms with Crippen LogP contribution in [0.5, 0.6) is 0 Å². The standard InChI is InChI=1S/C14H21N3O/c1-10-3-5-12(6-4-10)17(2)14(18)11-7-8-16-13(15)9-11/h7-10,12H,3-6H2,1-2H3,(H2,15,16). The molecule has 0 radical (unpaired) electrons. The minimum atomic E-state index is 0.0450. The molecule has 2 rings (SSSR count). The topological polar surface area (TPSA) is 59.2 Å². The lowest BCUT2D eigenvalue weighted by atomic mass is 9.86. The van der Waals surface area contributed by atoms with E-state index in [-0.39, 0.29) is 5.91 Å². The van der Waals surface area contributed by atoms with Gasteiger partial charge in [0.1, 0.15) is 5.82 Å². The fraction of sp³-hybridized carbons (Fsp3) is 0.571. The lowest BCUT2D eigenvalue weighted by molar-refractivity contribution is 0.0679. The maximum Gasteiger partial charge on any atom is 0.254 e. The van der Waals surface area contributed by atoms with E-state index in [9.17, 15) is 4.79 Å². The van der Waals surface area contributed by atoms with Crippen LogP contribution >= 0.6 is 0 Å². The number of carbonyl (C=O) groups is 1. The fourth-order valence-corrected chi connectivity index (χ4v) is 2.58. The summed E-state index contributed by atoms with van der Waals surface area (Å²) in [6.45, 7) is 2.28. The highest BCUT2D eigenvalue weighted by Gasteiger charge is 2.25. The number of hydrogen-bond donors (Lipinski definition) is 1. The van der Waals surface area contributed by atoms with Crippen LogP contribution in [-0.4, -0.2) is 28.9 Å². The van der Waals surface area contributed by atoms with E-state index in [1.54, 1.807) is 18.3 Å². The molecule has 1 aromatic rings. The molecule has 1 heterocycles. The second-order valence-electron chi connectivity index (χ2n) is 5.30. The van der Waals surface area contributed by atoms with Crippen molar-refractivity contribution in [2.75, 3.05) is 12.8 Å². The second kappa shape index (κ2) is 5.38. The third kappa shape index (κ3) is 2.81. The molecule has 1 amide bonds. The molecule has 4 heteroatoms. The summed E-state index contributed by atoms with van der Waals surface area (Å²) in [6, 6.07) is 3.73. The third-order valence-corrected chi connectivity index (χ3v) is 3.88. The summed E-state index contributed by atoms with van der Waals surface area (Å²) >= 11 is 0. The predicted molar refractivity (Wildman–Crippen MR) is 72.2 cm³/mol. The van der Waals surface area contributed by atoms with Crippen molar-refractivity contribution in [1.82, 2.24) is 9.88 Å². The van der Waals surface area contributed by atoms with Gasteiger partial charge >= 0.3 is 0 Å². The first-order chi connectivity index (χ1) is 8.58. The van der Waals surface area contributed by atoms with Crippen molar-refractivity contribution < 1.29 is 4.79 Å². The highest BCUT2D eigenvalue weighted by molar-refractivity contribution is 5.94. The van der Waals surface area contributed by atoms with Gasteiger partial charge < -0.3 is 10.6 Å². The quantitative estimate of drug-likeness (QED) is 0.872. The lowest BCUT2D eigenvalue weighted by Gasteiger charge is -2.33. The summed E-state index contributed by atoms with van der Waals surface area (Å²) < 4.78 is 0. The van der Waals surface area contributed by atoms with Gasteiger partial charge in [0, 0.05) is 24.8 Å². The zero-order valence-electron chi connectivity index (χ0n) is 11.1. The molecule has 18 heavy (non-hydrogen) atoms. The number of anilines is 1. The highest BCUT2D eigenvalue weighted by atomic mass is 16.2. The first kappa shape index (κ1) is 12.9. The number of aromatic nitrogens is 1. The van der Waals surface area contributed by atoms with E-state index in [4.69, 9.17) is 5.73 Å². The van der Waals surface area contributed by atoms with E-state index in [0.717, 1.165) is 18.8 Å². The molecule has 1 saturated carbocycles. The van der Waals surface area contributed by atoms with Gasteiger partial charge in [-0.3, -0.25) is 4.79 Å². The summed E-state index contributed by atoms with van der Waals surface area (Å²) in [5, 5.41) is 0. The molecule has 1 aliphatic rings. The maximum atomic E-state index is 12.3. The molecule has 2 N–H and O–H groups in total. The van der Waals surface area contributed by atoms with Gasteiger partial charge in [-0.25, -0.2) is 4.98 Å². The number of pyridine rings is 1. The van der Waals surface area contributed by atoms with Gasteiger partial charge in [0.2, 0.25) is 0 Å². The van der Waals surface area contributed by atoms with E-state index in [0.29, 0.717) is 17.4 Å². The zero-order valence-corrected chi connectivity index (χ0v) is 11.1. The zero-order chi connectivity index (χ0) is 13.1. The molecule has 98 valence electrons. The smallest absolute Gasteiger partial charge is 0.254 e. The summed E-state index contributed by atoms with van der Waals surface area (Å²) in [6.07, 6.45) is 6.20. The van der Waals surface area contributed by atoms with Crippen molar-refractivity contribution >= 4 is 11.7 Å². The van der Waals surface area contributed by atoms with Crippen molar-refractivity contribution in [3.05, 3.63) is 23.9 Å². The van der Waals surface area contributed by atoms with Crippen LogP contribution in [0.3, 0.4) is 0 Å². The van der Waals surface area contributed by atoms with Crippen LogP contribution in [0.2, 0.25) is 0 Å². The van der Waals surface area contributed by atoms with Crippen molar-refractivity contribution in [2.24, 2.45) is 5.92 Å². The summed E-state index contributed by atoms with van der Waals surface area (Å²) in [5.74, 6) is 1.23. The molecule has 0 saturated heterocycles. The molecule has 1 aliphatic carbocycles. The number of hydrogen-bond acceptors (Lipinski definition) is 3. The Morgan fingerprint density at radius 3 is 2.67 bits per heavy atom. The van der Waals surface area contributed by atoms with Crippen molar-refractivity contribution in [1.29, 1.82) is 0 Å². The van der Waals surface area contributed by atoms with Crippen LogP contribution < -0.4 is 5.73 Å². The SMILES string of the molecule is CC1CCC(N(C)C(=O)c2ccnc(N)c2)CC1. The molecule has 0 spiro atoms. The Morgan fingerprint density at radius 1 is 1.39 bits per heavy atom. The van der Waals surface area contributed by atoms with Gasteiger partial charge in [-0.1, -0.05) is 6.92 Å².